The number of carbonyl (C=O) groups is 1. The van der Waals surface area contributed by atoms with Gasteiger partial charge in [0.15, 0.2) is 18.8 Å². The van der Waals surface area contributed by atoms with Gasteiger partial charge < -0.3 is 19.1 Å². The summed E-state index contributed by atoms with van der Waals surface area (Å²) in [7, 11) is 0. The topological polar surface area (TPSA) is 85.6 Å². The van der Waals surface area contributed by atoms with E-state index in [1.54, 1.807) is 24.3 Å². The van der Waals surface area contributed by atoms with Gasteiger partial charge in [-0.25, -0.2) is 4.39 Å². The van der Waals surface area contributed by atoms with Crippen molar-refractivity contribution in [3.8, 4) is 11.7 Å². The average Bonchev–Trinajstić information content (AvgIpc) is 3.26. The molecule has 0 saturated heterocycles. The predicted molar refractivity (Wildman–Crippen MR) is 91.7 cm³/mol. The van der Waals surface area contributed by atoms with Crippen LogP contribution in [0.1, 0.15) is 19.2 Å². The maximum atomic E-state index is 13.2. The van der Waals surface area contributed by atoms with Crippen LogP contribution < -0.4 is 10.2 Å². The zero-order valence-corrected chi connectivity index (χ0v) is 14.4. The maximum Gasteiger partial charge on any atom is 0.283 e. The average molecular weight is 359 g/mol. The monoisotopic (exact) mass is 359 g/mol. The van der Waals surface area contributed by atoms with E-state index in [1.807, 2.05) is 6.92 Å². The summed E-state index contributed by atoms with van der Waals surface area (Å²) in [6.45, 7) is 3.42. The summed E-state index contributed by atoms with van der Waals surface area (Å²) in [4.78, 5) is 13.2. The number of aromatic nitrogens is 2. The third kappa shape index (κ3) is 4.76. The minimum Gasteiger partial charge on any atom is -0.459 e. The van der Waals surface area contributed by atoms with Gasteiger partial charge in [-0.15, -0.1) is 10.2 Å². The number of furan rings is 1. The van der Waals surface area contributed by atoms with E-state index >= 15 is 0 Å². The van der Waals surface area contributed by atoms with Crippen LogP contribution >= 0.6 is 0 Å². The first-order valence-electron chi connectivity index (χ1n) is 8.39. The first-order valence-corrected chi connectivity index (χ1v) is 8.39. The van der Waals surface area contributed by atoms with E-state index in [0.29, 0.717) is 29.8 Å². The van der Waals surface area contributed by atoms with Crippen LogP contribution in [0.2, 0.25) is 0 Å². The molecule has 0 aliphatic carbocycles. The highest BCUT2D eigenvalue weighted by Crippen LogP contribution is 2.17. The summed E-state index contributed by atoms with van der Waals surface area (Å²) in [6, 6.07) is 9.29. The molecule has 7 nitrogen and oxygen atoms in total. The van der Waals surface area contributed by atoms with E-state index < -0.39 is 5.82 Å². The Morgan fingerprint density at radius 1 is 1.27 bits per heavy atom. The van der Waals surface area contributed by atoms with Crippen molar-refractivity contribution in [3.63, 3.8) is 0 Å². The Kier molecular flexibility index (Phi) is 5.75. The summed E-state index contributed by atoms with van der Waals surface area (Å²) in [6.07, 6.45) is 2.42. The van der Waals surface area contributed by atoms with E-state index in [-0.39, 0.29) is 12.5 Å². The molecule has 136 valence electrons. The number of nitrogens with one attached hydrogen (secondary N) is 2. The Balaban J connectivity index is 1.61. The van der Waals surface area contributed by atoms with Gasteiger partial charge in [0.2, 0.25) is 0 Å². The first kappa shape index (κ1) is 17.8. The van der Waals surface area contributed by atoms with Gasteiger partial charge in [0.05, 0.1) is 12.8 Å². The molecule has 3 aromatic rings. The van der Waals surface area contributed by atoms with Gasteiger partial charge in [0.25, 0.3) is 17.7 Å². The van der Waals surface area contributed by atoms with E-state index in [4.69, 9.17) is 8.83 Å². The number of carbonyl (C=O) groups excluding carboxylic acids is 1. The van der Waals surface area contributed by atoms with Gasteiger partial charge in [-0.05, 0) is 36.8 Å². The molecule has 0 saturated carbocycles. The molecule has 0 aliphatic rings. The van der Waals surface area contributed by atoms with Gasteiger partial charge >= 0.3 is 0 Å². The van der Waals surface area contributed by atoms with E-state index in [9.17, 15) is 9.18 Å². The number of halogens is 1. The van der Waals surface area contributed by atoms with Gasteiger partial charge in [0, 0.05) is 5.69 Å². The molecule has 26 heavy (non-hydrogen) atoms. The Labute approximate surface area is 149 Å². The van der Waals surface area contributed by atoms with Crippen LogP contribution in [0.15, 0.2) is 51.5 Å². The standard InChI is InChI=1S/C18H19FN4O3/c1-2-8-23(11-16(24)20-14-6-3-5-13(19)10-14)12-17-21-22-18(26-17)15-7-4-9-25-15/h3-7,9-10H,2,8,11-12H2,1H3,(H,20,24)/p+1. The molecular weight excluding hydrogens is 339 g/mol. The minimum atomic E-state index is -0.392. The highest BCUT2D eigenvalue weighted by atomic mass is 19.1. The fraction of sp³-hybridized carbons (Fsp3) is 0.278. The lowest BCUT2D eigenvalue weighted by Gasteiger charge is -2.16. The van der Waals surface area contributed by atoms with Crippen molar-refractivity contribution < 1.29 is 22.9 Å². The first-order chi connectivity index (χ1) is 12.6. The van der Waals surface area contributed by atoms with E-state index in [0.717, 1.165) is 17.9 Å². The van der Waals surface area contributed by atoms with Crippen molar-refractivity contribution in [2.24, 2.45) is 0 Å². The zero-order chi connectivity index (χ0) is 18.4. The molecule has 0 aliphatic heterocycles. The Hall–Kier alpha value is -3.00. The molecule has 1 atom stereocenters. The molecule has 0 radical (unpaired) electrons. The number of hydrogen-bond donors (Lipinski definition) is 2. The molecular formula is C18H20FN4O3+. The van der Waals surface area contributed by atoms with Crippen LogP contribution in [0, 0.1) is 5.82 Å². The van der Waals surface area contributed by atoms with Crippen molar-refractivity contribution in [3.05, 3.63) is 54.4 Å². The lowest BCUT2D eigenvalue weighted by Crippen LogP contribution is -3.11. The lowest BCUT2D eigenvalue weighted by atomic mass is 10.3. The molecule has 2 heterocycles. The zero-order valence-electron chi connectivity index (χ0n) is 14.4. The molecule has 2 N–H and O–H groups in total. The van der Waals surface area contributed by atoms with Crippen LogP contribution in [0.3, 0.4) is 0 Å². The third-order valence-corrected chi connectivity index (χ3v) is 3.72. The van der Waals surface area contributed by atoms with Crippen LogP contribution in [-0.4, -0.2) is 29.2 Å². The number of rotatable bonds is 8. The molecule has 3 rings (SSSR count). The van der Waals surface area contributed by atoms with Crippen molar-refractivity contribution in [1.29, 1.82) is 0 Å². The second-order valence-electron chi connectivity index (χ2n) is 5.89. The van der Waals surface area contributed by atoms with Crippen molar-refractivity contribution in [1.82, 2.24) is 10.2 Å². The summed E-state index contributed by atoms with van der Waals surface area (Å²) >= 11 is 0. The lowest BCUT2D eigenvalue weighted by molar-refractivity contribution is -0.907. The summed E-state index contributed by atoms with van der Waals surface area (Å²) in [5, 5.41) is 10.7. The van der Waals surface area contributed by atoms with Gasteiger partial charge in [-0.1, -0.05) is 13.0 Å². The van der Waals surface area contributed by atoms with E-state index in [1.165, 1.54) is 18.4 Å². The Bertz CT molecular complexity index is 848. The van der Waals surface area contributed by atoms with Crippen LogP contribution in [-0.2, 0) is 11.3 Å². The Morgan fingerprint density at radius 2 is 2.15 bits per heavy atom. The summed E-state index contributed by atoms with van der Waals surface area (Å²) < 4.78 is 24.0. The second-order valence-corrected chi connectivity index (χ2v) is 5.89. The maximum absolute atomic E-state index is 13.2. The number of quaternary nitrogens is 1. The third-order valence-electron chi connectivity index (χ3n) is 3.72. The number of amides is 1. The van der Waals surface area contributed by atoms with E-state index in [2.05, 4.69) is 15.5 Å². The quantitative estimate of drug-likeness (QED) is 0.642. The van der Waals surface area contributed by atoms with Crippen molar-refractivity contribution in [2.75, 3.05) is 18.4 Å². The molecule has 2 aromatic heterocycles. The molecule has 1 aromatic carbocycles. The fourth-order valence-electron chi connectivity index (χ4n) is 2.63. The number of anilines is 1. The smallest absolute Gasteiger partial charge is 0.283 e. The second kappa shape index (κ2) is 8.39. The van der Waals surface area contributed by atoms with Crippen molar-refractivity contribution in [2.45, 2.75) is 19.9 Å². The molecule has 1 amide bonds. The molecule has 8 heteroatoms. The molecule has 0 spiro atoms. The SMILES string of the molecule is CCC[NH+](CC(=O)Nc1cccc(F)c1)Cc1nnc(-c2ccco2)o1. The van der Waals surface area contributed by atoms with Gasteiger partial charge in [-0.2, -0.15) is 0 Å². The summed E-state index contributed by atoms with van der Waals surface area (Å²) in [5.41, 5.74) is 0.434. The molecule has 0 bridgehead atoms. The van der Waals surface area contributed by atoms with Crippen LogP contribution in [0.25, 0.3) is 11.7 Å². The largest absolute Gasteiger partial charge is 0.459 e. The van der Waals surface area contributed by atoms with Crippen molar-refractivity contribution >= 4 is 11.6 Å². The summed E-state index contributed by atoms with van der Waals surface area (Å²) in [5.74, 6) is 0.648. The highest BCUT2D eigenvalue weighted by molar-refractivity contribution is 5.91. The minimum absolute atomic E-state index is 0.204. The predicted octanol–water partition coefficient (Wildman–Crippen LogP) is 1.90. The van der Waals surface area contributed by atoms with Crippen LogP contribution in [0.5, 0.6) is 0 Å². The van der Waals surface area contributed by atoms with Crippen LogP contribution in [0.4, 0.5) is 10.1 Å². The normalized spacial score (nSPS) is 12.1. The Morgan fingerprint density at radius 3 is 2.88 bits per heavy atom. The number of hydrogen-bond acceptors (Lipinski definition) is 5. The number of nitrogens with zero attached hydrogens (tertiary/aromatic N) is 2. The highest BCUT2D eigenvalue weighted by Gasteiger charge is 2.19. The number of benzene rings is 1. The fourth-order valence-corrected chi connectivity index (χ4v) is 2.63. The van der Waals surface area contributed by atoms with Gasteiger partial charge in [0.1, 0.15) is 5.82 Å². The molecule has 1 unspecified atom stereocenters. The van der Waals surface area contributed by atoms with Gasteiger partial charge in [-0.3, -0.25) is 4.79 Å². The molecule has 0 fully saturated rings.